The van der Waals surface area contributed by atoms with Gasteiger partial charge in [0, 0.05) is 44.8 Å². The van der Waals surface area contributed by atoms with Gasteiger partial charge in [-0.15, -0.1) is 0 Å². The highest BCUT2D eigenvalue weighted by molar-refractivity contribution is 5.21. The first kappa shape index (κ1) is 15.5. The van der Waals surface area contributed by atoms with Crippen molar-refractivity contribution in [2.24, 2.45) is 0 Å². The highest BCUT2D eigenvalue weighted by Gasteiger charge is 2.28. The Morgan fingerprint density at radius 2 is 1.65 bits per heavy atom. The number of hydrogen-bond donors (Lipinski definition) is 1. The summed E-state index contributed by atoms with van der Waals surface area (Å²) in [5.41, 5.74) is 2.92. The summed E-state index contributed by atoms with van der Waals surface area (Å²) in [6, 6.07) is 8.79. The maximum Gasteiger partial charge on any atom is 0.0278 e. The number of piperazine rings is 1. The SMILES string of the molecule is Cc1ccc(CNCC(C)(C)N2CCN(C)CC2)cc1. The monoisotopic (exact) mass is 275 g/mol. The molecule has 1 aromatic carbocycles. The average Bonchev–Trinajstić information content (AvgIpc) is 2.41. The van der Waals surface area contributed by atoms with Crippen molar-refractivity contribution in [2.45, 2.75) is 32.9 Å². The zero-order valence-electron chi connectivity index (χ0n) is 13.4. The van der Waals surface area contributed by atoms with Gasteiger partial charge in [-0.2, -0.15) is 0 Å². The molecular formula is C17H29N3. The maximum absolute atomic E-state index is 3.61. The number of hydrogen-bond acceptors (Lipinski definition) is 3. The largest absolute Gasteiger partial charge is 0.311 e. The van der Waals surface area contributed by atoms with E-state index in [2.05, 4.69) is 67.2 Å². The summed E-state index contributed by atoms with van der Waals surface area (Å²) in [6.45, 7) is 13.5. The Kier molecular flexibility index (Phi) is 5.19. The summed E-state index contributed by atoms with van der Waals surface area (Å²) in [7, 11) is 2.21. The second kappa shape index (κ2) is 6.70. The number of aryl methyl sites for hydroxylation is 1. The quantitative estimate of drug-likeness (QED) is 0.888. The van der Waals surface area contributed by atoms with E-state index in [1.54, 1.807) is 0 Å². The highest BCUT2D eigenvalue weighted by Crippen LogP contribution is 2.16. The summed E-state index contributed by atoms with van der Waals surface area (Å²) in [6.07, 6.45) is 0. The van der Waals surface area contributed by atoms with Gasteiger partial charge < -0.3 is 10.2 Å². The van der Waals surface area contributed by atoms with Crippen LogP contribution in [0.5, 0.6) is 0 Å². The predicted molar refractivity (Wildman–Crippen MR) is 86.0 cm³/mol. The van der Waals surface area contributed by atoms with E-state index in [1.807, 2.05) is 0 Å². The van der Waals surface area contributed by atoms with Gasteiger partial charge in [-0.25, -0.2) is 0 Å². The smallest absolute Gasteiger partial charge is 0.0278 e. The molecule has 1 heterocycles. The first-order chi connectivity index (χ1) is 9.47. The number of nitrogens with one attached hydrogen (secondary N) is 1. The predicted octanol–water partition coefficient (Wildman–Crippen LogP) is 2.11. The molecule has 20 heavy (non-hydrogen) atoms. The molecular weight excluding hydrogens is 246 g/mol. The highest BCUT2D eigenvalue weighted by atomic mass is 15.3. The summed E-state index contributed by atoms with van der Waals surface area (Å²) >= 11 is 0. The molecule has 0 amide bonds. The molecule has 112 valence electrons. The van der Waals surface area contributed by atoms with E-state index in [4.69, 9.17) is 0 Å². The Bertz CT molecular complexity index is 403. The molecule has 0 aliphatic carbocycles. The normalized spacial score (nSPS) is 18.4. The molecule has 1 N–H and O–H groups in total. The Morgan fingerprint density at radius 3 is 2.25 bits per heavy atom. The van der Waals surface area contributed by atoms with Gasteiger partial charge in [-0.3, -0.25) is 4.90 Å². The Morgan fingerprint density at radius 1 is 1.05 bits per heavy atom. The summed E-state index contributed by atoms with van der Waals surface area (Å²) in [5.74, 6) is 0. The molecule has 0 aromatic heterocycles. The first-order valence-electron chi connectivity index (χ1n) is 7.67. The van der Waals surface area contributed by atoms with Crippen molar-refractivity contribution < 1.29 is 0 Å². The van der Waals surface area contributed by atoms with Crippen molar-refractivity contribution >= 4 is 0 Å². The van der Waals surface area contributed by atoms with Gasteiger partial charge in [0.15, 0.2) is 0 Å². The number of rotatable bonds is 5. The lowest BCUT2D eigenvalue weighted by Crippen LogP contribution is -2.57. The van der Waals surface area contributed by atoms with Gasteiger partial charge >= 0.3 is 0 Å². The third kappa shape index (κ3) is 4.30. The van der Waals surface area contributed by atoms with Crippen LogP contribution in [0.3, 0.4) is 0 Å². The standard InChI is InChI=1S/C17H29N3/c1-15-5-7-16(8-6-15)13-18-14-17(2,3)20-11-9-19(4)10-12-20/h5-8,18H,9-14H2,1-4H3. The molecule has 3 heteroatoms. The van der Waals surface area contributed by atoms with Crippen LogP contribution >= 0.6 is 0 Å². The minimum absolute atomic E-state index is 0.228. The summed E-state index contributed by atoms with van der Waals surface area (Å²) in [4.78, 5) is 5.02. The van der Waals surface area contributed by atoms with E-state index < -0.39 is 0 Å². The van der Waals surface area contributed by atoms with Crippen LogP contribution in [0.1, 0.15) is 25.0 Å². The summed E-state index contributed by atoms with van der Waals surface area (Å²) < 4.78 is 0. The molecule has 0 atom stereocenters. The van der Waals surface area contributed by atoms with Crippen LogP contribution < -0.4 is 5.32 Å². The van der Waals surface area contributed by atoms with E-state index >= 15 is 0 Å². The molecule has 1 aliphatic heterocycles. The van der Waals surface area contributed by atoms with Gasteiger partial charge in [-0.05, 0) is 33.4 Å². The Hall–Kier alpha value is -0.900. The lowest BCUT2D eigenvalue weighted by molar-refractivity contribution is 0.0618. The molecule has 1 aliphatic rings. The maximum atomic E-state index is 3.61. The molecule has 0 unspecified atom stereocenters. The molecule has 3 nitrogen and oxygen atoms in total. The van der Waals surface area contributed by atoms with E-state index in [-0.39, 0.29) is 5.54 Å². The third-order valence-electron chi connectivity index (χ3n) is 4.37. The molecule has 2 rings (SSSR count). The second-order valence-corrected chi connectivity index (χ2v) is 6.69. The second-order valence-electron chi connectivity index (χ2n) is 6.69. The fraction of sp³-hybridized carbons (Fsp3) is 0.647. The number of likely N-dealkylation sites (N-methyl/N-ethyl adjacent to an activating group) is 1. The lowest BCUT2D eigenvalue weighted by Gasteiger charge is -2.43. The third-order valence-corrected chi connectivity index (χ3v) is 4.37. The van der Waals surface area contributed by atoms with Crippen molar-refractivity contribution in [1.82, 2.24) is 15.1 Å². The van der Waals surface area contributed by atoms with E-state index in [0.29, 0.717) is 0 Å². The van der Waals surface area contributed by atoms with E-state index in [9.17, 15) is 0 Å². The molecule has 0 bridgehead atoms. The molecule has 1 fully saturated rings. The van der Waals surface area contributed by atoms with E-state index in [0.717, 1.165) is 13.1 Å². The first-order valence-corrected chi connectivity index (χ1v) is 7.67. The average molecular weight is 275 g/mol. The number of benzene rings is 1. The number of nitrogens with zero attached hydrogens (tertiary/aromatic N) is 2. The minimum atomic E-state index is 0.228. The van der Waals surface area contributed by atoms with Crippen molar-refractivity contribution in [1.29, 1.82) is 0 Å². The van der Waals surface area contributed by atoms with Crippen LogP contribution in [0.2, 0.25) is 0 Å². The lowest BCUT2D eigenvalue weighted by atomic mass is 10.0. The zero-order chi connectivity index (χ0) is 14.6. The van der Waals surface area contributed by atoms with Gasteiger partial charge in [0.25, 0.3) is 0 Å². The molecule has 0 saturated carbocycles. The molecule has 0 radical (unpaired) electrons. The minimum Gasteiger partial charge on any atom is -0.311 e. The van der Waals surface area contributed by atoms with Crippen LogP contribution in [0.4, 0.5) is 0 Å². The van der Waals surface area contributed by atoms with Crippen molar-refractivity contribution in [3.8, 4) is 0 Å². The fourth-order valence-electron chi connectivity index (χ4n) is 2.74. The van der Waals surface area contributed by atoms with Crippen LogP contribution in [-0.4, -0.2) is 55.1 Å². The van der Waals surface area contributed by atoms with Gasteiger partial charge in [-0.1, -0.05) is 29.8 Å². The molecule has 1 aromatic rings. The van der Waals surface area contributed by atoms with Crippen LogP contribution in [0.15, 0.2) is 24.3 Å². The van der Waals surface area contributed by atoms with Crippen molar-refractivity contribution in [3.05, 3.63) is 35.4 Å². The van der Waals surface area contributed by atoms with Crippen molar-refractivity contribution in [2.75, 3.05) is 39.8 Å². The van der Waals surface area contributed by atoms with Gasteiger partial charge in [0.1, 0.15) is 0 Å². The fourth-order valence-corrected chi connectivity index (χ4v) is 2.74. The Labute approximate surface area is 124 Å². The summed E-state index contributed by atoms with van der Waals surface area (Å²) in [5, 5.41) is 3.61. The zero-order valence-corrected chi connectivity index (χ0v) is 13.4. The van der Waals surface area contributed by atoms with Gasteiger partial charge in [0.05, 0.1) is 0 Å². The van der Waals surface area contributed by atoms with Crippen molar-refractivity contribution in [3.63, 3.8) is 0 Å². The topological polar surface area (TPSA) is 18.5 Å². The van der Waals surface area contributed by atoms with Crippen LogP contribution in [-0.2, 0) is 6.54 Å². The van der Waals surface area contributed by atoms with E-state index in [1.165, 1.54) is 37.3 Å². The Balaban J connectivity index is 1.78. The molecule has 1 saturated heterocycles. The van der Waals surface area contributed by atoms with Gasteiger partial charge in [0.2, 0.25) is 0 Å². The van der Waals surface area contributed by atoms with Crippen LogP contribution in [0.25, 0.3) is 0 Å². The molecule has 0 spiro atoms. The van der Waals surface area contributed by atoms with Crippen LogP contribution in [0, 0.1) is 6.92 Å².